The van der Waals surface area contributed by atoms with Crippen molar-refractivity contribution in [2.75, 3.05) is 0 Å². The number of aromatic nitrogens is 3. The van der Waals surface area contributed by atoms with Crippen molar-refractivity contribution in [1.82, 2.24) is 20.1 Å². The molecule has 1 N–H and O–H groups in total. The zero-order chi connectivity index (χ0) is 17.6. The van der Waals surface area contributed by atoms with Gasteiger partial charge in [-0.25, -0.2) is 0 Å². The summed E-state index contributed by atoms with van der Waals surface area (Å²) in [5.41, 5.74) is 3.94. The quantitative estimate of drug-likeness (QED) is 0.690. The summed E-state index contributed by atoms with van der Waals surface area (Å²) >= 11 is 3.50. The van der Waals surface area contributed by atoms with Gasteiger partial charge in [0.15, 0.2) is 0 Å². The van der Waals surface area contributed by atoms with Crippen LogP contribution in [0, 0.1) is 0 Å². The third-order valence-corrected chi connectivity index (χ3v) is 4.75. The molecule has 0 radical (unpaired) electrons. The van der Waals surface area contributed by atoms with Crippen LogP contribution < -0.4 is 5.32 Å². The highest BCUT2D eigenvalue weighted by atomic mass is 79.9. The van der Waals surface area contributed by atoms with Crippen molar-refractivity contribution in [3.8, 4) is 11.4 Å². The molecule has 1 aromatic carbocycles. The van der Waals surface area contributed by atoms with Crippen molar-refractivity contribution < 1.29 is 4.79 Å². The van der Waals surface area contributed by atoms with Crippen molar-refractivity contribution >= 4 is 21.8 Å². The number of hydrogen-bond acceptors (Lipinski definition) is 3. The Hall–Kier alpha value is -2.47. The number of aryl methyl sites for hydroxylation is 2. The van der Waals surface area contributed by atoms with E-state index in [1.165, 1.54) is 0 Å². The SMILES string of the molecule is Cn1nccc1-c1ccc(CNC(=O)CCc2ccccc2Br)cn1. The maximum Gasteiger partial charge on any atom is 0.220 e. The number of carbonyl (C=O) groups is 1. The smallest absolute Gasteiger partial charge is 0.220 e. The molecule has 2 heterocycles. The van der Waals surface area contributed by atoms with Crippen LogP contribution in [0.1, 0.15) is 17.5 Å². The van der Waals surface area contributed by atoms with Crippen molar-refractivity contribution in [3.05, 3.63) is 70.5 Å². The molecule has 128 valence electrons. The Kier molecular flexibility index (Phi) is 5.60. The van der Waals surface area contributed by atoms with Crippen LogP contribution in [0.5, 0.6) is 0 Å². The summed E-state index contributed by atoms with van der Waals surface area (Å²) in [7, 11) is 1.89. The van der Waals surface area contributed by atoms with Gasteiger partial charge in [0.05, 0.1) is 11.4 Å². The second-order valence-corrected chi connectivity index (χ2v) is 6.61. The van der Waals surface area contributed by atoms with Crippen molar-refractivity contribution in [2.45, 2.75) is 19.4 Å². The first kappa shape index (κ1) is 17.4. The number of hydrogen-bond donors (Lipinski definition) is 1. The molecule has 0 fully saturated rings. The molecule has 1 amide bonds. The van der Waals surface area contributed by atoms with Gasteiger partial charge >= 0.3 is 0 Å². The van der Waals surface area contributed by atoms with E-state index in [4.69, 9.17) is 0 Å². The fourth-order valence-electron chi connectivity index (χ4n) is 2.54. The number of pyridine rings is 1. The molecule has 0 saturated heterocycles. The largest absolute Gasteiger partial charge is 0.352 e. The number of halogens is 1. The van der Waals surface area contributed by atoms with Gasteiger partial charge in [-0.05, 0) is 35.7 Å². The van der Waals surface area contributed by atoms with E-state index in [1.807, 2.05) is 49.5 Å². The fraction of sp³-hybridized carbons (Fsp3) is 0.211. The van der Waals surface area contributed by atoms with Crippen molar-refractivity contribution in [2.24, 2.45) is 7.05 Å². The predicted octanol–water partition coefficient (Wildman–Crippen LogP) is 3.49. The number of nitrogens with zero attached hydrogens (tertiary/aromatic N) is 3. The van der Waals surface area contributed by atoms with Gasteiger partial charge in [-0.1, -0.05) is 40.2 Å². The first-order chi connectivity index (χ1) is 12.1. The number of rotatable bonds is 6. The average molecular weight is 399 g/mol. The second kappa shape index (κ2) is 8.07. The summed E-state index contributed by atoms with van der Waals surface area (Å²) in [5, 5.41) is 7.09. The highest BCUT2D eigenvalue weighted by Gasteiger charge is 2.06. The maximum atomic E-state index is 12.0. The van der Waals surface area contributed by atoms with E-state index in [0.29, 0.717) is 19.4 Å². The fourth-order valence-corrected chi connectivity index (χ4v) is 3.03. The minimum atomic E-state index is 0.0338. The van der Waals surface area contributed by atoms with Gasteiger partial charge in [0.2, 0.25) is 5.91 Å². The molecular weight excluding hydrogens is 380 g/mol. The molecule has 6 heteroatoms. The van der Waals surface area contributed by atoms with E-state index >= 15 is 0 Å². The van der Waals surface area contributed by atoms with E-state index in [2.05, 4.69) is 31.3 Å². The zero-order valence-electron chi connectivity index (χ0n) is 13.9. The van der Waals surface area contributed by atoms with Crippen LogP contribution >= 0.6 is 15.9 Å². The van der Waals surface area contributed by atoms with Gasteiger partial charge in [0.1, 0.15) is 0 Å². The molecule has 0 aliphatic rings. The standard InChI is InChI=1S/C19H19BrN4O/c1-24-18(10-11-23-24)17-8-6-14(12-21-17)13-22-19(25)9-7-15-4-2-3-5-16(15)20/h2-6,8,10-12H,7,9,13H2,1H3,(H,22,25). The normalized spacial score (nSPS) is 10.6. The van der Waals surface area contributed by atoms with Crippen molar-refractivity contribution in [1.29, 1.82) is 0 Å². The van der Waals surface area contributed by atoms with Gasteiger partial charge in [-0.15, -0.1) is 0 Å². The third kappa shape index (κ3) is 4.54. The van der Waals surface area contributed by atoms with Crippen molar-refractivity contribution in [3.63, 3.8) is 0 Å². The molecule has 0 saturated carbocycles. The predicted molar refractivity (Wildman–Crippen MR) is 101 cm³/mol. The van der Waals surface area contributed by atoms with Gasteiger partial charge in [-0.2, -0.15) is 5.10 Å². The molecule has 0 bridgehead atoms. The molecule has 0 atom stereocenters. The Balaban J connectivity index is 1.51. The van der Waals surface area contributed by atoms with Gasteiger partial charge < -0.3 is 5.32 Å². The van der Waals surface area contributed by atoms with Gasteiger partial charge in [0, 0.05) is 36.9 Å². The van der Waals surface area contributed by atoms with Gasteiger partial charge in [0.25, 0.3) is 0 Å². The van der Waals surface area contributed by atoms with Crippen LogP contribution in [0.4, 0.5) is 0 Å². The van der Waals surface area contributed by atoms with Gasteiger partial charge in [-0.3, -0.25) is 14.5 Å². The van der Waals surface area contributed by atoms with Crippen LogP contribution in [-0.2, 0) is 24.8 Å². The summed E-state index contributed by atoms with van der Waals surface area (Å²) in [4.78, 5) is 16.5. The molecule has 0 unspecified atom stereocenters. The first-order valence-electron chi connectivity index (χ1n) is 8.07. The monoisotopic (exact) mass is 398 g/mol. The first-order valence-corrected chi connectivity index (χ1v) is 8.86. The maximum absolute atomic E-state index is 12.0. The molecule has 0 spiro atoms. The Labute approximate surface area is 155 Å². The highest BCUT2D eigenvalue weighted by molar-refractivity contribution is 9.10. The van der Waals surface area contributed by atoms with E-state index < -0.39 is 0 Å². The Bertz CT molecular complexity index is 858. The van der Waals surface area contributed by atoms with Crippen LogP contribution in [0.2, 0.25) is 0 Å². The minimum absolute atomic E-state index is 0.0338. The average Bonchev–Trinajstić information content (AvgIpc) is 3.06. The number of nitrogens with one attached hydrogen (secondary N) is 1. The molecule has 0 aliphatic carbocycles. The van der Waals surface area contributed by atoms with Crippen LogP contribution in [0.25, 0.3) is 11.4 Å². The van der Waals surface area contributed by atoms with E-state index in [9.17, 15) is 4.79 Å². The highest BCUT2D eigenvalue weighted by Crippen LogP contribution is 2.17. The molecule has 2 aromatic heterocycles. The number of amides is 1. The van der Waals surface area contributed by atoms with E-state index in [-0.39, 0.29) is 5.91 Å². The summed E-state index contributed by atoms with van der Waals surface area (Å²) in [6, 6.07) is 13.8. The number of carbonyl (C=O) groups excluding carboxylic acids is 1. The second-order valence-electron chi connectivity index (χ2n) is 5.76. The van der Waals surface area contributed by atoms with E-state index in [0.717, 1.165) is 27.0 Å². The lowest BCUT2D eigenvalue weighted by Crippen LogP contribution is -2.23. The molecule has 0 aliphatic heterocycles. The Morgan fingerprint density at radius 2 is 2.04 bits per heavy atom. The molecule has 25 heavy (non-hydrogen) atoms. The summed E-state index contributed by atoms with van der Waals surface area (Å²) in [5.74, 6) is 0.0338. The minimum Gasteiger partial charge on any atom is -0.352 e. The molecule has 3 aromatic rings. The van der Waals surface area contributed by atoms with E-state index in [1.54, 1.807) is 17.1 Å². The molecule has 5 nitrogen and oxygen atoms in total. The lowest BCUT2D eigenvalue weighted by atomic mass is 10.1. The lowest BCUT2D eigenvalue weighted by molar-refractivity contribution is -0.121. The van der Waals surface area contributed by atoms with Crippen LogP contribution in [-0.4, -0.2) is 20.7 Å². The summed E-state index contributed by atoms with van der Waals surface area (Å²) in [6.07, 6.45) is 4.71. The van der Waals surface area contributed by atoms with Crippen LogP contribution in [0.3, 0.4) is 0 Å². The Morgan fingerprint density at radius 1 is 1.20 bits per heavy atom. The summed E-state index contributed by atoms with van der Waals surface area (Å²) < 4.78 is 2.82. The zero-order valence-corrected chi connectivity index (χ0v) is 15.5. The summed E-state index contributed by atoms with van der Waals surface area (Å²) in [6.45, 7) is 0.480. The Morgan fingerprint density at radius 3 is 2.72 bits per heavy atom. The third-order valence-electron chi connectivity index (χ3n) is 3.98. The molecular formula is C19H19BrN4O. The lowest BCUT2D eigenvalue weighted by Gasteiger charge is -2.07. The topological polar surface area (TPSA) is 59.8 Å². The van der Waals surface area contributed by atoms with Crippen LogP contribution in [0.15, 0.2) is 59.3 Å². The molecule has 3 rings (SSSR count). The number of benzene rings is 1.